The first-order valence-corrected chi connectivity index (χ1v) is 7.04. The molecule has 21 heavy (non-hydrogen) atoms. The van der Waals surface area contributed by atoms with Crippen LogP contribution in [0.5, 0.6) is 5.75 Å². The molecule has 0 bridgehead atoms. The molecule has 116 valence electrons. The number of aliphatic hydroxyl groups excluding tert-OH is 1. The number of aliphatic hydroxyl groups is 1. The summed E-state index contributed by atoms with van der Waals surface area (Å²) >= 11 is 0. The Hall–Kier alpha value is -1.66. The van der Waals surface area contributed by atoms with E-state index < -0.39 is 11.9 Å². The molecule has 1 aliphatic rings. The molecule has 1 aromatic rings. The molecule has 1 saturated heterocycles. The second-order valence-corrected chi connectivity index (χ2v) is 5.33. The summed E-state index contributed by atoms with van der Waals surface area (Å²) in [7, 11) is 2.01. The van der Waals surface area contributed by atoms with Crippen LogP contribution in [0.1, 0.15) is 18.6 Å². The zero-order chi connectivity index (χ0) is 15.4. The Morgan fingerprint density at radius 3 is 2.67 bits per heavy atom. The first-order chi connectivity index (χ1) is 9.97. The third-order valence-electron chi connectivity index (χ3n) is 3.63. The second kappa shape index (κ2) is 6.87. The largest absolute Gasteiger partial charge is 0.483 e. The molecule has 0 aliphatic carbocycles. The van der Waals surface area contributed by atoms with Crippen molar-refractivity contribution < 1.29 is 19.0 Å². The van der Waals surface area contributed by atoms with Gasteiger partial charge in [0.1, 0.15) is 11.6 Å². The van der Waals surface area contributed by atoms with Crippen LogP contribution >= 0.6 is 0 Å². The number of carbonyl (C=O) groups is 1. The molecule has 0 spiro atoms. The minimum absolute atomic E-state index is 0.121. The van der Waals surface area contributed by atoms with Crippen molar-refractivity contribution in [2.45, 2.75) is 13.0 Å². The molecule has 0 unspecified atom stereocenters. The van der Waals surface area contributed by atoms with Gasteiger partial charge in [0.25, 0.3) is 5.91 Å². The molecule has 1 N–H and O–H groups in total. The maximum Gasteiger partial charge on any atom is 0.260 e. The Bertz CT molecular complexity index is 500. The van der Waals surface area contributed by atoms with Gasteiger partial charge in [-0.3, -0.25) is 4.79 Å². The maximum absolute atomic E-state index is 13.3. The fraction of sp³-hybridized carbons (Fsp3) is 0.533. The Kier molecular flexibility index (Phi) is 5.14. The molecule has 1 atom stereocenters. The third kappa shape index (κ3) is 4.15. The van der Waals surface area contributed by atoms with E-state index >= 15 is 0 Å². The third-order valence-corrected chi connectivity index (χ3v) is 3.63. The Labute approximate surface area is 123 Å². The lowest BCUT2D eigenvalue weighted by Crippen LogP contribution is -2.48. The lowest BCUT2D eigenvalue weighted by Gasteiger charge is -2.32. The SMILES string of the molecule is C[C@@H](O)c1ccc(F)cc1OCC(=O)N1CCN(C)CC1. The van der Waals surface area contributed by atoms with Crippen molar-refractivity contribution in [1.82, 2.24) is 9.80 Å². The van der Waals surface area contributed by atoms with Crippen LogP contribution in [0.25, 0.3) is 0 Å². The van der Waals surface area contributed by atoms with Crippen LogP contribution in [0, 0.1) is 5.82 Å². The highest BCUT2D eigenvalue weighted by atomic mass is 19.1. The number of halogens is 1. The lowest BCUT2D eigenvalue weighted by atomic mass is 10.1. The smallest absolute Gasteiger partial charge is 0.260 e. The number of hydrogen-bond donors (Lipinski definition) is 1. The average molecular weight is 296 g/mol. The molecule has 0 radical (unpaired) electrons. The Morgan fingerprint density at radius 2 is 2.05 bits per heavy atom. The quantitative estimate of drug-likeness (QED) is 0.902. The zero-order valence-corrected chi connectivity index (χ0v) is 12.4. The first-order valence-electron chi connectivity index (χ1n) is 7.04. The van der Waals surface area contributed by atoms with E-state index in [2.05, 4.69) is 4.90 Å². The molecular formula is C15H21FN2O3. The van der Waals surface area contributed by atoms with Crippen LogP contribution in [0.15, 0.2) is 18.2 Å². The summed E-state index contributed by atoms with van der Waals surface area (Å²) in [5.41, 5.74) is 0.475. The van der Waals surface area contributed by atoms with Gasteiger partial charge in [0.15, 0.2) is 6.61 Å². The van der Waals surface area contributed by atoms with E-state index in [0.29, 0.717) is 18.7 Å². The number of benzene rings is 1. The van der Waals surface area contributed by atoms with Gasteiger partial charge in [-0.15, -0.1) is 0 Å². The summed E-state index contributed by atoms with van der Waals surface area (Å²) in [6, 6.07) is 3.92. The van der Waals surface area contributed by atoms with Crippen molar-refractivity contribution in [2.24, 2.45) is 0 Å². The van der Waals surface area contributed by atoms with Gasteiger partial charge in [-0.1, -0.05) is 0 Å². The fourth-order valence-electron chi connectivity index (χ4n) is 2.26. The summed E-state index contributed by atoms with van der Waals surface area (Å²) in [6.45, 7) is 4.45. The monoisotopic (exact) mass is 296 g/mol. The normalized spacial score (nSPS) is 17.6. The van der Waals surface area contributed by atoms with Gasteiger partial charge in [-0.25, -0.2) is 4.39 Å². The van der Waals surface area contributed by atoms with Gasteiger partial charge in [-0.05, 0) is 26.1 Å². The van der Waals surface area contributed by atoms with Crippen LogP contribution in [-0.4, -0.2) is 60.6 Å². The van der Waals surface area contributed by atoms with Crippen LogP contribution in [0.4, 0.5) is 4.39 Å². The minimum Gasteiger partial charge on any atom is -0.483 e. The van der Waals surface area contributed by atoms with E-state index in [0.717, 1.165) is 13.1 Å². The molecule has 0 saturated carbocycles. The molecule has 6 heteroatoms. The van der Waals surface area contributed by atoms with E-state index in [1.54, 1.807) is 11.8 Å². The summed E-state index contributed by atoms with van der Waals surface area (Å²) in [5, 5.41) is 9.64. The van der Waals surface area contributed by atoms with E-state index in [1.165, 1.54) is 18.2 Å². The summed E-state index contributed by atoms with van der Waals surface area (Å²) in [6.07, 6.45) is -0.778. The van der Waals surface area contributed by atoms with Crippen molar-refractivity contribution in [1.29, 1.82) is 0 Å². The van der Waals surface area contributed by atoms with Gasteiger partial charge in [0, 0.05) is 37.8 Å². The molecular weight excluding hydrogens is 275 g/mol. The fourth-order valence-corrected chi connectivity index (χ4v) is 2.26. The van der Waals surface area contributed by atoms with E-state index in [-0.39, 0.29) is 18.3 Å². The molecule has 1 heterocycles. The summed E-state index contributed by atoms with van der Waals surface area (Å²) < 4.78 is 18.7. The highest BCUT2D eigenvalue weighted by Gasteiger charge is 2.20. The topological polar surface area (TPSA) is 53.0 Å². The molecule has 1 fully saturated rings. The van der Waals surface area contributed by atoms with E-state index in [4.69, 9.17) is 4.74 Å². The van der Waals surface area contributed by atoms with Crippen molar-refractivity contribution in [3.8, 4) is 5.75 Å². The number of carbonyl (C=O) groups excluding carboxylic acids is 1. The number of piperazine rings is 1. The highest BCUT2D eigenvalue weighted by Crippen LogP contribution is 2.26. The number of likely N-dealkylation sites (N-methyl/N-ethyl adjacent to an activating group) is 1. The minimum atomic E-state index is -0.778. The Balaban J connectivity index is 1.96. The number of nitrogens with zero attached hydrogens (tertiary/aromatic N) is 2. The van der Waals surface area contributed by atoms with Crippen molar-refractivity contribution in [3.63, 3.8) is 0 Å². The van der Waals surface area contributed by atoms with Gasteiger partial charge >= 0.3 is 0 Å². The zero-order valence-electron chi connectivity index (χ0n) is 12.4. The van der Waals surface area contributed by atoms with Crippen LogP contribution in [0.3, 0.4) is 0 Å². The number of ether oxygens (including phenoxy) is 1. The molecule has 1 amide bonds. The van der Waals surface area contributed by atoms with Gasteiger partial charge < -0.3 is 19.6 Å². The molecule has 1 aliphatic heterocycles. The Morgan fingerprint density at radius 1 is 1.38 bits per heavy atom. The van der Waals surface area contributed by atoms with E-state index in [1.807, 2.05) is 7.05 Å². The van der Waals surface area contributed by atoms with Gasteiger partial charge in [-0.2, -0.15) is 0 Å². The maximum atomic E-state index is 13.3. The average Bonchev–Trinajstić information content (AvgIpc) is 2.45. The predicted octanol–water partition coefficient (Wildman–Crippen LogP) is 1.03. The van der Waals surface area contributed by atoms with Gasteiger partial charge in [0.2, 0.25) is 0 Å². The molecule has 0 aromatic heterocycles. The number of rotatable bonds is 4. The van der Waals surface area contributed by atoms with Gasteiger partial charge in [0.05, 0.1) is 6.10 Å². The molecule has 1 aromatic carbocycles. The standard InChI is InChI=1S/C15H21FN2O3/c1-11(19)13-4-3-12(16)9-14(13)21-10-15(20)18-7-5-17(2)6-8-18/h3-4,9,11,19H,5-8,10H2,1-2H3/t11-/m1/s1. The predicted molar refractivity (Wildman–Crippen MR) is 76.6 cm³/mol. The second-order valence-electron chi connectivity index (χ2n) is 5.33. The highest BCUT2D eigenvalue weighted by molar-refractivity contribution is 5.78. The molecule has 2 rings (SSSR count). The van der Waals surface area contributed by atoms with E-state index in [9.17, 15) is 14.3 Å². The van der Waals surface area contributed by atoms with Crippen LogP contribution in [-0.2, 0) is 4.79 Å². The summed E-state index contributed by atoms with van der Waals surface area (Å²) in [4.78, 5) is 16.0. The van der Waals surface area contributed by atoms with Crippen molar-refractivity contribution in [2.75, 3.05) is 39.8 Å². The first kappa shape index (κ1) is 15.7. The number of amides is 1. The van der Waals surface area contributed by atoms with Crippen LogP contribution in [0.2, 0.25) is 0 Å². The molecule has 5 nitrogen and oxygen atoms in total. The van der Waals surface area contributed by atoms with Crippen LogP contribution < -0.4 is 4.74 Å². The van der Waals surface area contributed by atoms with Crippen molar-refractivity contribution in [3.05, 3.63) is 29.6 Å². The number of hydrogen-bond acceptors (Lipinski definition) is 4. The lowest BCUT2D eigenvalue weighted by molar-refractivity contribution is -0.134. The van der Waals surface area contributed by atoms with Crippen molar-refractivity contribution >= 4 is 5.91 Å². The summed E-state index contributed by atoms with van der Waals surface area (Å²) in [5.74, 6) is -0.363.